The zero-order valence-corrected chi connectivity index (χ0v) is 13.2. The smallest absolute Gasteiger partial charge is 0.290 e. The molecule has 1 fully saturated rings. The predicted molar refractivity (Wildman–Crippen MR) is 81.2 cm³/mol. The summed E-state index contributed by atoms with van der Waals surface area (Å²) in [5.41, 5.74) is 4.99. The Morgan fingerprint density at radius 3 is 2.57 bits per heavy atom. The second-order valence-corrected chi connectivity index (χ2v) is 6.79. The number of nitrogens with two attached hydrogens (primary N) is 1. The number of hydrogen-bond donors (Lipinski definition) is 2. The van der Waals surface area contributed by atoms with Gasteiger partial charge in [0.05, 0.1) is 4.92 Å². The Kier molecular flexibility index (Phi) is 5.94. The number of nitro groups is 1. The van der Waals surface area contributed by atoms with Gasteiger partial charge in [0.2, 0.25) is 10.0 Å². The maximum absolute atomic E-state index is 12.3. The molecule has 0 amide bonds. The standard InChI is InChI=1S/C11H14ClN3O4S.ClH/c12-8-3-4-11(10(5-8)15(16)17)20(18,19)14-9(6-13)7-1-2-7;/h3-5,7,9,14H,1-2,6,13H2;1H. The van der Waals surface area contributed by atoms with E-state index in [0.29, 0.717) is 0 Å². The van der Waals surface area contributed by atoms with Gasteiger partial charge in [0.15, 0.2) is 4.90 Å². The third-order valence-corrected chi connectivity index (χ3v) is 4.93. The van der Waals surface area contributed by atoms with Gasteiger partial charge in [-0.15, -0.1) is 12.4 Å². The molecule has 1 saturated carbocycles. The molecule has 0 spiro atoms. The first-order valence-electron chi connectivity index (χ1n) is 6.01. The molecule has 1 unspecified atom stereocenters. The minimum absolute atomic E-state index is 0. The third kappa shape index (κ3) is 4.27. The fraction of sp³-hybridized carbons (Fsp3) is 0.455. The van der Waals surface area contributed by atoms with Crippen molar-refractivity contribution in [1.29, 1.82) is 0 Å². The summed E-state index contributed by atoms with van der Waals surface area (Å²) < 4.78 is 26.9. The Balaban J connectivity index is 0.00000220. The highest BCUT2D eigenvalue weighted by Crippen LogP contribution is 2.34. The van der Waals surface area contributed by atoms with Gasteiger partial charge < -0.3 is 5.73 Å². The zero-order valence-electron chi connectivity index (χ0n) is 10.9. The molecule has 0 aromatic heterocycles. The van der Waals surface area contributed by atoms with Crippen LogP contribution < -0.4 is 10.5 Å². The van der Waals surface area contributed by atoms with E-state index >= 15 is 0 Å². The van der Waals surface area contributed by atoms with Crippen LogP contribution in [0.2, 0.25) is 5.02 Å². The van der Waals surface area contributed by atoms with Crippen LogP contribution in [0.25, 0.3) is 0 Å². The number of halogens is 2. The average Bonchev–Trinajstić information content (AvgIpc) is 3.19. The fourth-order valence-electron chi connectivity index (χ4n) is 1.96. The minimum atomic E-state index is -4.00. The van der Waals surface area contributed by atoms with Gasteiger partial charge in [-0.25, -0.2) is 13.1 Å². The van der Waals surface area contributed by atoms with Gasteiger partial charge in [0.1, 0.15) is 0 Å². The molecule has 0 saturated heterocycles. The topological polar surface area (TPSA) is 115 Å². The molecule has 21 heavy (non-hydrogen) atoms. The van der Waals surface area contributed by atoms with Gasteiger partial charge in [-0.05, 0) is 30.9 Å². The summed E-state index contributed by atoms with van der Waals surface area (Å²) in [5.74, 6) is 0.209. The highest BCUT2D eigenvalue weighted by atomic mass is 35.5. The molecule has 1 aliphatic carbocycles. The van der Waals surface area contributed by atoms with Crippen LogP contribution in [-0.2, 0) is 10.0 Å². The van der Waals surface area contributed by atoms with Crippen molar-refractivity contribution in [3.8, 4) is 0 Å². The molecule has 1 aromatic carbocycles. The van der Waals surface area contributed by atoms with E-state index in [-0.39, 0.29) is 29.9 Å². The summed E-state index contributed by atoms with van der Waals surface area (Å²) in [7, 11) is -4.00. The molecule has 0 bridgehead atoms. The van der Waals surface area contributed by atoms with Gasteiger partial charge in [-0.1, -0.05) is 11.6 Å². The van der Waals surface area contributed by atoms with Crippen LogP contribution >= 0.6 is 24.0 Å². The van der Waals surface area contributed by atoms with Gasteiger partial charge in [0, 0.05) is 23.7 Å². The molecule has 3 N–H and O–H groups in total. The second kappa shape index (κ2) is 6.89. The predicted octanol–water partition coefficient (Wildman–Crippen LogP) is 1.69. The highest BCUT2D eigenvalue weighted by molar-refractivity contribution is 7.89. The lowest BCUT2D eigenvalue weighted by Gasteiger charge is -2.16. The molecule has 1 aliphatic rings. The van der Waals surface area contributed by atoms with Crippen LogP contribution in [0, 0.1) is 16.0 Å². The van der Waals surface area contributed by atoms with E-state index in [1.807, 2.05) is 0 Å². The molecule has 1 aromatic rings. The van der Waals surface area contributed by atoms with Crippen molar-refractivity contribution in [3.05, 3.63) is 33.3 Å². The fourth-order valence-corrected chi connectivity index (χ4v) is 3.60. The number of nitrogens with one attached hydrogen (secondary N) is 1. The Morgan fingerprint density at radius 1 is 1.48 bits per heavy atom. The summed E-state index contributed by atoms with van der Waals surface area (Å²) in [4.78, 5) is 9.79. The molecular weight excluding hydrogens is 341 g/mol. The van der Waals surface area contributed by atoms with Crippen molar-refractivity contribution in [1.82, 2.24) is 4.72 Å². The van der Waals surface area contributed by atoms with Crippen LogP contribution in [-0.4, -0.2) is 25.9 Å². The van der Waals surface area contributed by atoms with Gasteiger partial charge >= 0.3 is 0 Å². The van der Waals surface area contributed by atoms with E-state index in [1.165, 1.54) is 6.07 Å². The first kappa shape index (κ1) is 18.1. The quantitative estimate of drug-likeness (QED) is 0.594. The summed E-state index contributed by atoms with van der Waals surface area (Å²) >= 11 is 5.66. The largest absolute Gasteiger partial charge is 0.329 e. The zero-order chi connectivity index (χ0) is 14.9. The Hall–Kier alpha value is -0.930. The molecule has 1 atom stereocenters. The van der Waals surface area contributed by atoms with Crippen LogP contribution in [0.15, 0.2) is 23.1 Å². The number of rotatable bonds is 6. The van der Waals surface area contributed by atoms with E-state index in [4.69, 9.17) is 17.3 Å². The lowest BCUT2D eigenvalue weighted by molar-refractivity contribution is -0.387. The van der Waals surface area contributed by atoms with Crippen molar-refractivity contribution in [2.24, 2.45) is 11.7 Å². The highest BCUT2D eigenvalue weighted by Gasteiger charge is 2.35. The summed E-state index contributed by atoms with van der Waals surface area (Å²) in [5, 5.41) is 11.1. The van der Waals surface area contributed by atoms with Gasteiger partial charge in [-0.3, -0.25) is 10.1 Å². The lowest BCUT2D eigenvalue weighted by atomic mass is 10.2. The van der Waals surface area contributed by atoms with Crippen LogP contribution in [0.1, 0.15) is 12.8 Å². The molecule has 0 radical (unpaired) electrons. The SMILES string of the molecule is Cl.NCC(NS(=O)(=O)c1ccc(Cl)cc1[N+](=O)[O-])C1CC1. The summed E-state index contributed by atoms with van der Waals surface area (Å²) in [6.07, 6.45) is 1.82. The van der Waals surface area contributed by atoms with Crippen molar-refractivity contribution >= 4 is 39.7 Å². The number of sulfonamides is 1. The second-order valence-electron chi connectivity index (χ2n) is 4.67. The van der Waals surface area contributed by atoms with Crippen LogP contribution in [0.4, 0.5) is 5.69 Å². The number of nitrogens with zero attached hydrogens (tertiary/aromatic N) is 1. The Labute approximate surface area is 133 Å². The molecule has 118 valence electrons. The van der Waals surface area contributed by atoms with E-state index in [2.05, 4.69) is 4.72 Å². The van der Waals surface area contributed by atoms with Gasteiger partial charge in [0.25, 0.3) is 5.69 Å². The number of nitro benzene ring substituents is 1. The van der Waals surface area contributed by atoms with Crippen molar-refractivity contribution in [2.45, 2.75) is 23.8 Å². The maximum Gasteiger partial charge on any atom is 0.290 e. The monoisotopic (exact) mass is 355 g/mol. The average molecular weight is 356 g/mol. The van der Waals surface area contributed by atoms with Gasteiger partial charge in [-0.2, -0.15) is 0 Å². The van der Waals surface area contributed by atoms with Crippen molar-refractivity contribution in [3.63, 3.8) is 0 Å². The number of benzene rings is 1. The Morgan fingerprint density at radius 2 is 2.10 bits per heavy atom. The van der Waals surface area contributed by atoms with Crippen LogP contribution in [0.5, 0.6) is 0 Å². The normalized spacial score (nSPS) is 16.1. The van der Waals surface area contributed by atoms with E-state index in [9.17, 15) is 18.5 Å². The van der Waals surface area contributed by atoms with E-state index in [1.54, 1.807) is 0 Å². The third-order valence-electron chi connectivity index (χ3n) is 3.16. The van der Waals surface area contributed by atoms with E-state index < -0.39 is 31.6 Å². The molecule has 7 nitrogen and oxygen atoms in total. The molecule has 10 heteroatoms. The molecular formula is C11H15Cl2N3O4S. The first-order valence-corrected chi connectivity index (χ1v) is 7.87. The van der Waals surface area contributed by atoms with Crippen molar-refractivity contribution < 1.29 is 13.3 Å². The summed E-state index contributed by atoms with van der Waals surface area (Å²) in [6, 6.07) is 3.06. The lowest BCUT2D eigenvalue weighted by Crippen LogP contribution is -2.41. The molecule has 2 rings (SSSR count). The van der Waals surface area contributed by atoms with Crippen molar-refractivity contribution in [2.75, 3.05) is 6.54 Å². The molecule has 0 aliphatic heterocycles. The van der Waals surface area contributed by atoms with Crippen LogP contribution in [0.3, 0.4) is 0 Å². The maximum atomic E-state index is 12.3. The molecule has 0 heterocycles. The minimum Gasteiger partial charge on any atom is -0.329 e. The number of hydrogen-bond acceptors (Lipinski definition) is 5. The summed E-state index contributed by atoms with van der Waals surface area (Å²) in [6.45, 7) is 0.158. The van der Waals surface area contributed by atoms with E-state index in [0.717, 1.165) is 25.0 Å². The first-order chi connectivity index (χ1) is 9.35. The Bertz CT molecular complexity index is 634.